The Labute approximate surface area is 182 Å². The van der Waals surface area contributed by atoms with Crippen molar-refractivity contribution in [3.63, 3.8) is 0 Å². The lowest BCUT2D eigenvalue weighted by molar-refractivity contribution is -0.384. The predicted octanol–water partition coefficient (Wildman–Crippen LogP) is 4.45. The van der Waals surface area contributed by atoms with E-state index in [1.54, 1.807) is 13.8 Å². The number of hydrogen-bond donors (Lipinski definition) is 1. The molecule has 2 rings (SSSR count). The SMILES string of the molecule is CC(C)C(NC(=O)c1ccc(Cl)c([N+](=O)[O-])c1)C(=O)N(C)Cc1c(F)cccc1Cl. The summed E-state index contributed by atoms with van der Waals surface area (Å²) >= 11 is 11.8. The highest BCUT2D eigenvalue weighted by Crippen LogP contribution is 2.25. The summed E-state index contributed by atoms with van der Waals surface area (Å²) < 4.78 is 14.0. The molecule has 160 valence electrons. The minimum absolute atomic E-state index is 0.00986. The first kappa shape index (κ1) is 23.6. The highest BCUT2D eigenvalue weighted by atomic mass is 35.5. The van der Waals surface area contributed by atoms with E-state index in [0.29, 0.717) is 0 Å². The fourth-order valence-electron chi connectivity index (χ4n) is 2.77. The van der Waals surface area contributed by atoms with Gasteiger partial charge in [0.05, 0.1) is 4.92 Å². The third-order valence-electron chi connectivity index (χ3n) is 4.46. The summed E-state index contributed by atoms with van der Waals surface area (Å²) in [7, 11) is 1.47. The lowest BCUT2D eigenvalue weighted by Crippen LogP contribution is -2.50. The first-order chi connectivity index (χ1) is 14.0. The Bertz CT molecular complexity index is 964. The van der Waals surface area contributed by atoms with Crippen molar-refractivity contribution in [1.82, 2.24) is 10.2 Å². The molecule has 10 heteroatoms. The van der Waals surface area contributed by atoms with Crippen LogP contribution in [0.5, 0.6) is 0 Å². The maximum atomic E-state index is 14.0. The highest BCUT2D eigenvalue weighted by Gasteiger charge is 2.29. The molecule has 2 aromatic rings. The minimum Gasteiger partial charge on any atom is -0.340 e. The Balaban J connectivity index is 2.21. The molecule has 7 nitrogen and oxygen atoms in total. The number of nitro benzene ring substituents is 1. The van der Waals surface area contributed by atoms with Gasteiger partial charge in [-0.25, -0.2) is 4.39 Å². The molecule has 1 atom stereocenters. The van der Waals surface area contributed by atoms with Crippen LogP contribution in [0.1, 0.15) is 29.8 Å². The van der Waals surface area contributed by atoms with Crippen molar-refractivity contribution in [2.75, 3.05) is 7.05 Å². The largest absolute Gasteiger partial charge is 0.340 e. The number of amides is 2. The zero-order valence-corrected chi connectivity index (χ0v) is 18.0. The molecule has 0 aliphatic rings. The number of hydrogen-bond acceptors (Lipinski definition) is 4. The minimum atomic E-state index is -0.942. The summed E-state index contributed by atoms with van der Waals surface area (Å²) in [5.74, 6) is -1.97. The normalized spacial score (nSPS) is 11.8. The molecule has 0 saturated carbocycles. The Hall–Kier alpha value is -2.71. The van der Waals surface area contributed by atoms with Gasteiger partial charge >= 0.3 is 0 Å². The van der Waals surface area contributed by atoms with E-state index in [1.807, 2.05) is 0 Å². The van der Waals surface area contributed by atoms with Crippen LogP contribution in [0.4, 0.5) is 10.1 Å². The number of likely N-dealkylation sites (N-methyl/N-ethyl adjacent to an activating group) is 1. The average molecular weight is 456 g/mol. The van der Waals surface area contributed by atoms with Gasteiger partial charge < -0.3 is 10.2 Å². The zero-order chi connectivity index (χ0) is 22.6. The van der Waals surface area contributed by atoms with E-state index in [0.717, 1.165) is 6.07 Å². The number of nitrogens with zero attached hydrogens (tertiary/aromatic N) is 2. The van der Waals surface area contributed by atoms with Crippen molar-refractivity contribution in [2.24, 2.45) is 5.92 Å². The molecule has 0 fully saturated rings. The third kappa shape index (κ3) is 5.46. The van der Waals surface area contributed by atoms with E-state index in [4.69, 9.17) is 23.2 Å². The number of rotatable bonds is 7. The molecule has 0 aliphatic heterocycles. The lowest BCUT2D eigenvalue weighted by Gasteiger charge is -2.27. The van der Waals surface area contributed by atoms with Crippen LogP contribution in [-0.2, 0) is 11.3 Å². The van der Waals surface area contributed by atoms with Crippen molar-refractivity contribution in [3.8, 4) is 0 Å². The Kier molecular flexibility index (Phi) is 7.75. The van der Waals surface area contributed by atoms with Crippen molar-refractivity contribution >= 4 is 40.7 Å². The molecule has 0 aromatic heterocycles. The van der Waals surface area contributed by atoms with Crippen LogP contribution in [0, 0.1) is 21.8 Å². The van der Waals surface area contributed by atoms with Crippen LogP contribution in [0.2, 0.25) is 10.0 Å². The van der Waals surface area contributed by atoms with E-state index < -0.39 is 34.3 Å². The van der Waals surface area contributed by atoms with Gasteiger partial charge in [-0.15, -0.1) is 0 Å². The third-order valence-corrected chi connectivity index (χ3v) is 5.13. The quantitative estimate of drug-likeness (QED) is 0.492. The van der Waals surface area contributed by atoms with Crippen LogP contribution in [0.25, 0.3) is 0 Å². The maximum absolute atomic E-state index is 14.0. The van der Waals surface area contributed by atoms with Gasteiger partial charge in [0, 0.05) is 35.8 Å². The average Bonchev–Trinajstić information content (AvgIpc) is 2.68. The van der Waals surface area contributed by atoms with E-state index in [2.05, 4.69) is 5.32 Å². The van der Waals surface area contributed by atoms with Crippen LogP contribution in [-0.4, -0.2) is 34.7 Å². The van der Waals surface area contributed by atoms with Crippen molar-refractivity contribution in [3.05, 3.63) is 73.5 Å². The number of nitrogens with one attached hydrogen (secondary N) is 1. The van der Waals surface area contributed by atoms with Gasteiger partial charge in [-0.1, -0.05) is 43.1 Å². The summed E-state index contributed by atoms with van der Waals surface area (Å²) in [5, 5.41) is 13.7. The molecule has 0 radical (unpaired) electrons. The molecule has 30 heavy (non-hydrogen) atoms. The Morgan fingerprint density at radius 1 is 1.20 bits per heavy atom. The summed E-state index contributed by atoms with van der Waals surface area (Å²) in [6.45, 7) is 3.38. The van der Waals surface area contributed by atoms with E-state index >= 15 is 0 Å². The Morgan fingerprint density at radius 2 is 1.87 bits per heavy atom. The molecular formula is C20H20Cl2FN3O4. The van der Waals surface area contributed by atoms with Gasteiger partial charge in [-0.05, 0) is 30.2 Å². The summed E-state index contributed by atoms with van der Waals surface area (Å²) in [6, 6.07) is 6.90. The van der Waals surface area contributed by atoms with Gasteiger partial charge in [-0.3, -0.25) is 19.7 Å². The van der Waals surface area contributed by atoms with Gasteiger partial charge in [0.25, 0.3) is 11.6 Å². The van der Waals surface area contributed by atoms with Gasteiger partial charge in [-0.2, -0.15) is 0 Å². The summed E-state index contributed by atoms with van der Waals surface area (Å²) in [6.07, 6.45) is 0. The number of carbonyl (C=O) groups is 2. The zero-order valence-electron chi connectivity index (χ0n) is 16.5. The number of carbonyl (C=O) groups excluding carboxylic acids is 2. The second kappa shape index (κ2) is 9.86. The van der Waals surface area contributed by atoms with Crippen molar-refractivity contribution < 1.29 is 18.9 Å². The topological polar surface area (TPSA) is 92.5 Å². The monoisotopic (exact) mass is 455 g/mol. The Morgan fingerprint density at radius 3 is 2.43 bits per heavy atom. The molecule has 1 N–H and O–H groups in total. The number of halogens is 3. The van der Waals surface area contributed by atoms with Crippen LogP contribution >= 0.6 is 23.2 Å². The van der Waals surface area contributed by atoms with E-state index in [9.17, 15) is 24.1 Å². The summed E-state index contributed by atoms with van der Waals surface area (Å²) in [5.41, 5.74) is -0.260. The van der Waals surface area contributed by atoms with Crippen LogP contribution in [0.15, 0.2) is 36.4 Å². The molecule has 0 aliphatic carbocycles. The molecule has 2 aromatic carbocycles. The van der Waals surface area contributed by atoms with Crippen LogP contribution < -0.4 is 5.32 Å². The molecule has 2 amide bonds. The van der Waals surface area contributed by atoms with Crippen molar-refractivity contribution in [1.29, 1.82) is 0 Å². The fourth-order valence-corrected chi connectivity index (χ4v) is 3.18. The second-order valence-corrected chi connectivity index (χ2v) is 7.83. The molecule has 0 heterocycles. The molecule has 0 spiro atoms. The van der Waals surface area contributed by atoms with Gasteiger partial charge in [0.15, 0.2) is 0 Å². The highest BCUT2D eigenvalue weighted by molar-refractivity contribution is 6.32. The smallest absolute Gasteiger partial charge is 0.288 e. The van der Waals surface area contributed by atoms with Crippen LogP contribution in [0.3, 0.4) is 0 Å². The number of benzene rings is 2. The second-order valence-electron chi connectivity index (χ2n) is 7.01. The molecular weight excluding hydrogens is 436 g/mol. The van der Waals surface area contributed by atoms with E-state index in [-0.39, 0.29) is 33.6 Å². The fraction of sp³-hybridized carbons (Fsp3) is 0.300. The van der Waals surface area contributed by atoms with E-state index in [1.165, 1.54) is 42.3 Å². The number of nitro groups is 1. The molecule has 0 saturated heterocycles. The summed E-state index contributed by atoms with van der Waals surface area (Å²) in [4.78, 5) is 37.1. The van der Waals surface area contributed by atoms with Crippen molar-refractivity contribution in [2.45, 2.75) is 26.4 Å². The van der Waals surface area contributed by atoms with Gasteiger partial charge in [0.1, 0.15) is 16.9 Å². The molecule has 1 unspecified atom stereocenters. The predicted molar refractivity (Wildman–Crippen MR) is 112 cm³/mol. The lowest BCUT2D eigenvalue weighted by atomic mass is 10.0. The van der Waals surface area contributed by atoms with Gasteiger partial charge in [0.2, 0.25) is 5.91 Å². The first-order valence-electron chi connectivity index (χ1n) is 8.95. The first-order valence-corrected chi connectivity index (χ1v) is 9.71. The standard InChI is InChI=1S/C20H20Cl2FN3O4/c1-11(2)18(20(28)25(3)10-13-14(21)5-4-6-16(13)23)24-19(27)12-7-8-15(22)17(9-12)26(29)30/h4-9,11,18H,10H2,1-3H3,(H,24,27). The molecule has 0 bridgehead atoms. The maximum Gasteiger partial charge on any atom is 0.288 e.